The van der Waals surface area contributed by atoms with Crippen LogP contribution in [0, 0.1) is 17.5 Å². The van der Waals surface area contributed by atoms with Crippen molar-refractivity contribution in [2.75, 3.05) is 23.7 Å². The van der Waals surface area contributed by atoms with Gasteiger partial charge in [-0.2, -0.15) is 0 Å². The van der Waals surface area contributed by atoms with Crippen molar-refractivity contribution in [3.63, 3.8) is 0 Å². The Kier molecular flexibility index (Phi) is 4.47. The van der Waals surface area contributed by atoms with E-state index in [2.05, 4.69) is 15.6 Å². The molecule has 27 heavy (non-hydrogen) atoms. The third-order valence-corrected chi connectivity index (χ3v) is 4.53. The maximum Gasteiger partial charge on any atom is 0.192 e. The highest BCUT2D eigenvalue weighted by Gasteiger charge is 2.29. The first-order valence-electron chi connectivity index (χ1n) is 8.68. The average Bonchev–Trinajstić information content (AvgIpc) is 3.51. The Bertz CT molecular complexity index is 1050. The van der Waals surface area contributed by atoms with Gasteiger partial charge in [-0.25, -0.2) is 18.2 Å². The summed E-state index contributed by atoms with van der Waals surface area (Å²) in [4.78, 5) is 16.1. The number of anilines is 2. The van der Waals surface area contributed by atoms with E-state index in [9.17, 15) is 13.6 Å². The monoisotopic (exact) mass is 374 g/mol. The van der Waals surface area contributed by atoms with Gasteiger partial charge in [0.15, 0.2) is 22.9 Å². The summed E-state index contributed by atoms with van der Waals surface area (Å²) in [5, 5.41) is 5.04. The normalized spacial score (nSPS) is 13.7. The summed E-state index contributed by atoms with van der Waals surface area (Å²) in [6.45, 7) is 0.454. The van der Waals surface area contributed by atoms with Gasteiger partial charge in [-0.3, -0.25) is 4.79 Å². The SMILES string of the molecule is O=c1ccn(C2CC2)c2c(F)c(NCCNc3ccccn3)c(F)c(F)c12. The number of nitrogens with zero attached hydrogens (tertiary/aromatic N) is 2. The Morgan fingerprint density at radius 2 is 1.81 bits per heavy atom. The summed E-state index contributed by atoms with van der Waals surface area (Å²) >= 11 is 0. The van der Waals surface area contributed by atoms with Crippen LogP contribution in [0.4, 0.5) is 24.7 Å². The molecule has 0 radical (unpaired) electrons. The van der Waals surface area contributed by atoms with E-state index < -0.39 is 34.0 Å². The lowest BCUT2D eigenvalue weighted by molar-refractivity contribution is 0.506. The van der Waals surface area contributed by atoms with Gasteiger partial charge < -0.3 is 15.2 Å². The molecule has 2 heterocycles. The molecule has 0 bridgehead atoms. The van der Waals surface area contributed by atoms with Crippen LogP contribution in [0.25, 0.3) is 10.9 Å². The highest BCUT2D eigenvalue weighted by atomic mass is 19.2. The van der Waals surface area contributed by atoms with Gasteiger partial charge in [0.2, 0.25) is 0 Å². The van der Waals surface area contributed by atoms with Crippen molar-refractivity contribution in [3.8, 4) is 0 Å². The second-order valence-electron chi connectivity index (χ2n) is 6.43. The van der Waals surface area contributed by atoms with E-state index in [-0.39, 0.29) is 18.1 Å². The molecule has 1 saturated carbocycles. The van der Waals surface area contributed by atoms with Gasteiger partial charge in [0.1, 0.15) is 11.5 Å². The molecule has 1 aromatic carbocycles. The average molecular weight is 374 g/mol. The van der Waals surface area contributed by atoms with Crippen LogP contribution in [-0.2, 0) is 0 Å². The van der Waals surface area contributed by atoms with Gasteiger partial charge in [-0.05, 0) is 25.0 Å². The van der Waals surface area contributed by atoms with Crippen molar-refractivity contribution >= 4 is 22.4 Å². The van der Waals surface area contributed by atoms with Crippen LogP contribution in [0.5, 0.6) is 0 Å². The summed E-state index contributed by atoms with van der Waals surface area (Å²) < 4.78 is 45.5. The summed E-state index contributed by atoms with van der Waals surface area (Å²) in [5.41, 5.74) is -1.49. The third-order valence-electron chi connectivity index (χ3n) is 4.53. The Morgan fingerprint density at radius 1 is 1.04 bits per heavy atom. The number of rotatable bonds is 6. The number of nitrogens with one attached hydrogen (secondary N) is 2. The molecule has 5 nitrogen and oxygen atoms in total. The second-order valence-corrected chi connectivity index (χ2v) is 6.43. The molecular formula is C19H17F3N4O. The van der Waals surface area contributed by atoms with Crippen molar-refractivity contribution < 1.29 is 13.2 Å². The number of pyridine rings is 2. The van der Waals surface area contributed by atoms with E-state index in [1.165, 1.54) is 10.8 Å². The van der Waals surface area contributed by atoms with Crippen molar-refractivity contribution in [3.05, 3.63) is 64.3 Å². The summed E-state index contributed by atoms with van der Waals surface area (Å²) in [6.07, 6.45) is 4.68. The van der Waals surface area contributed by atoms with E-state index in [4.69, 9.17) is 0 Å². The predicted molar refractivity (Wildman–Crippen MR) is 97.6 cm³/mol. The lowest BCUT2D eigenvalue weighted by atomic mass is 10.1. The minimum Gasteiger partial charge on any atom is -0.378 e. The number of hydrogen-bond donors (Lipinski definition) is 2. The molecule has 140 valence electrons. The molecule has 0 atom stereocenters. The van der Waals surface area contributed by atoms with Crippen LogP contribution in [-0.4, -0.2) is 22.6 Å². The van der Waals surface area contributed by atoms with Crippen LogP contribution in [0.15, 0.2) is 41.5 Å². The Hall–Kier alpha value is -3.03. The lowest BCUT2D eigenvalue weighted by Gasteiger charge is -2.16. The number of halogens is 3. The van der Waals surface area contributed by atoms with Gasteiger partial charge in [-0.1, -0.05) is 6.07 Å². The predicted octanol–water partition coefficient (Wildman–Crippen LogP) is 3.67. The molecular weight excluding hydrogens is 357 g/mol. The standard InChI is InChI=1S/C19H17F3N4O/c20-15-14-12(27)6-10-26(11-4-5-11)19(14)17(22)18(16(15)21)25-9-8-24-13-3-1-2-7-23-13/h1-3,6-7,10-11,25H,4-5,8-9H2,(H,23,24). The molecule has 0 spiro atoms. The molecule has 2 aromatic heterocycles. The van der Waals surface area contributed by atoms with E-state index in [0.717, 1.165) is 18.9 Å². The molecule has 0 amide bonds. The molecule has 1 fully saturated rings. The quantitative estimate of drug-likeness (QED) is 0.511. The molecule has 0 saturated heterocycles. The number of fused-ring (bicyclic) bond motifs is 1. The molecule has 3 aromatic rings. The highest BCUT2D eigenvalue weighted by molar-refractivity contribution is 5.85. The van der Waals surface area contributed by atoms with Crippen molar-refractivity contribution in [1.82, 2.24) is 9.55 Å². The topological polar surface area (TPSA) is 59.0 Å². The van der Waals surface area contributed by atoms with Crippen molar-refractivity contribution in [2.24, 2.45) is 0 Å². The first-order valence-corrected chi connectivity index (χ1v) is 8.68. The third kappa shape index (κ3) is 3.22. The van der Waals surface area contributed by atoms with Crippen LogP contribution in [0.2, 0.25) is 0 Å². The molecule has 1 aliphatic carbocycles. The zero-order valence-electron chi connectivity index (χ0n) is 14.3. The molecule has 0 aliphatic heterocycles. The second kappa shape index (κ2) is 6.94. The molecule has 1 aliphatic rings. The zero-order chi connectivity index (χ0) is 19.0. The van der Waals surface area contributed by atoms with E-state index in [1.807, 2.05) is 0 Å². The molecule has 0 unspecified atom stereocenters. The van der Waals surface area contributed by atoms with Crippen LogP contribution >= 0.6 is 0 Å². The van der Waals surface area contributed by atoms with E-state index >= 15 is 4.39 Å². The lowest BCUT2D eigenvalue weighted by Crippen LogP contribution is -2.18. The van der Waals surface area contributed by atoms with Crippen LogP contribution in [0.3, 0.4) is 0 Å². The zero-order valence-corrected chi connectivity index (χ0v) is 14.3. The highest BCUT2D eigenvalue weighted by Crippen LogP contribution is 2.39. The van der Waals surface area contributed by atoms with Gasteiger partial charge in [-0.15, -0.1) is 0 Å². The fraction of sp³-hybridized carbons (Fsp3) is 0.263. The number of hydrogen-bond acceptors (Lipinski definition) is 4. The van der Waals surface area contributed by atoms with Gasteiger partial charge in [0.05, 0.1) is 10.9 Å². The summed E-state index contributed by atoms with van der Waals surface area (Å²) in [6, 6.07) is 6.48. The van der Waals surface area contributed by atoms with Gasteiger partial charge >= 0.3 is 0 Å². The minimum atomic E-state index is -1.39. The smallest absolute Gasteiger partial charge is 0.192 e. The molecule has 4 rings (SSSR count). The van der Waals surface area contributed by atoms with Crippen LogP contribution in [0.1, 0.15) is 18.9 Å². The van der Waals surface area contributed by atoms with Gasteiger partial charge in [0, 0.05) is 37.6 Å². The first-order chi connectivity index (χ1) is 13.1. The Labute approximate surface area is 152 Å². The number of benzene rings is 1. The van der Waals surface area contributed by atoms with Crippen LogP contribution < -0.4 is 16.1 Å². The first kappa shape index (κ1) is 17.4. The van der Waals surface area contributed by atoms with E-state index in [1.54, 1.807) is 24.4 Å². The fourth-order valence-electron chi connectivity index (χ4n) is 3.08. The van der Waals surface area contributed by atoms with E-state index in [0.29, 0.717) is 12.4 Å². The fourth-order valence-corrected chi connectivity index (χ4v) is 3.08. The molecule has 8 heteroatoms. The largest absolute Gasteiger partial charge is 0.378 e. The summed E-state index contributed by atoms with van der Waals surface area (Å²) in [5.74, 6) is -3.05. The van der Waals surface area contributed by atoms with Crippen molar-refractivity contribution in [2.45, 2.75) is 18.9 Å². The Morgan fingerprint density at radius 3 is 2.52 bits per heavy atom. The maximum absolute atomic E-state index is 15.0. The van der Waals surface area contributed by atoms with Gasteiger partial charge in [0.25, 0.3) is 0 Å². The summed E-state index contributed by atoms with van der Waals surface area (Å²) in [7, 11) is 0. The Balaban J connectivity index is 1.64. The number of aromatic nitrogens is 2. The minimum absolute atomic E-state index is 0.00568. The van der Waals surface area contributed by atoms with Crippen molar-refractivity contribution in [1.29, 1.82) is 0 Å². The molecule has 2 N–H and O–H groups in total. The maximum atomic E-state index is 15.0.